The van der Waals surface area contributed by atoms with Crippen LogP contribution in [-0.4, -0.2) is 73.6 Å². The van der Waals surface area contributed by atoms with Gasteiger partial charge in [0.05, 0.1) is 13.0 Å². The van der Waals surface area contributed by atoms with E-state index in [0.717, 1.165) is 27.2 Å². The summed E-state index contributed by atoms with van der Waals surface area (Å²) in [4.78, 5) is 36.4. The van der Waals surface area contributed by atoms with Gasteiger partial charge in [0.1, 0.15) is 19.2 Å². The van der Waals surface area contributed by atoms with Crippen LogP contribution in [0.3, 0.4) is 0 Å². The first-order chi connectivity index (χ1) is 16.6. The number of alkyl halides is 3. The Morgan fingerprint density at radius 1 is 1.06 bits per heavy atom. The highest BCUT2D eigenvalue weighted by Crippen LogP contribution is 2.44. The minimum Gasteiger partial charge on any atom is -0.480 e. The van der Waals surface area contributed by atoms with E-state index in [2.05, 4.69) is 0 Å². The van der Waals surface area contributed by atoms with Crippen LogP contribution in [0.25, 0.3) is 11.1 Å². The van der Waals surface area contributed by atoms with E-state index in [1.165, 1.54) is 7.11 Å². The highest BCUT2D eigenvalue weighted by Gasteiger charge is 2.43. The molecule has 2 aromatic carbocycles. The fourth-order valence-corrected chi connectivity index (χ4v) is 3.99. The van der Waals surface area contributed by atoms with Crippen LogP contribution in [0.1, 0.15) is 23.5 Å². The normalized spacial score (nSPS) is 13.5. The predicted molar refractivity (Wildman–Crippen MR) is 119 cm³/mol. The number of methoxy groups -OCH3 is 1. The van der Waals surface area contributed by atoms with Gasteiger partial charge in [-0.1, -0.05) is 48.5 Å². The second kappa shape index (κ2) is 11.2. The van der Waals surface area contributed by atoms with Gasteiger partial charge in [-0.05, 0) is 22.3 Å². The number of nitrogens with zero attached hydrogens (tertiary/aromatic N) is 1. The number of carboxylic acid groups (broad SMARTS) is 1. The molecule has 11 heteroatoms. The van der Waals surface area contributed by atoms with Crippen LogP contribution in [0.15, 0.2) is 48.5 Å². The molecule has 0 bridgehead atoms. The lowest BCUT2D eigenvalue weighted by molar-refractivity contribution is -0.164. The van der Waals surface area contributed by atoms with Crippen LogP contribution >= 0.6 is 0 Å². The highest BCUT2D eigenvalue weighted by atomic mass is 19.4. The Bertz CT molecular complexity index is 1030. The van der Waals surface area contributed by atoms with Crippen molar-refractivity contribution in [2.45, 2.75) is 24.6 Å². The minimum atomic E-state index is -4.96. The van der Waals surface area contributed by atoms with Crippen LogP contribution < -0.4 is 5.32 Å². The second-order valence-corrected chi connectivity index (χ2v) is 7.97. The van der Waals surface area contributed by atoms with Gasteiger partial charge in [0, 0.05) is 19.6 Å². The van der Waals surface area contributed by atoms with E-state index in [9.17, 15) is 27.6 Å². The summed E-state index contributed by atoms with van der Waals surface area (Å²) in [5, 5.41) is 10.6. The van der Waals surface area contributed by atoms with E-state index in [-0.39, 0.29) is 25.7 Å². The van der Waals surface area contributed by atoms with E-state index in [1.54, 1.807) is 5.32 Å². The number of alkyl carbamates (subject to hydrolysis) is 1. The Kier molecular flexibility index (Phi) is 8.34. The van der Waals surface area contributed by atoms with Gasteiger partial charge in [0.25, 0.3) is 0 Å². The zero-order chi connectivity index (χ0) is 25.6. The first kappa shape index (κ1) is 26.0. The predicted octanol–water partition coefficient (Wildman–Crippen LogP) is 3.41. The molecule has 1 atom stereocenters. The third kappa shape index (κ3) is 6.50. The molecule has 2 aromatic rings. The van der Waals surface area contributed by atoms with E-state index in [1.807, 2.05) is 48.5 Å². The maximum Gasteiger partial charge on any atom is 0.409 e. The summed E-state index contributed by atoms with van der Waals surface area (Å²) in [6, 6.07) is 12.4. The molecule has 35 heavy (non-hydrogen) atoms. The number of nitrogens with one attached hydrogen (secondary N) is 1. The van der Waals surface area contributed by atoms with Gasteiger partial charge in [-0.2, -0.15) is 13.2 Å². The maximum atomic E-state index is 13.6. The van der Waals surface area contributed by atoms with Crippen molar-refractivity contribution in [1.82, 2.24) is 10.2 Å². The maximum absolute atomic E-state index is 13.6. The second-order valence-electron chi connectivity index (χ2n) is 7.97. The van der Waals surface area contributed by atoms with Crippen LogP contribution in [0.2, 0.25) is 0 Å². The molecule has 188 valence electrons. The van der Waals surface area contributed by atoms with Crippen molar-refractivity contribution in [3.63, 3.8) is 0 Å². The molecule has 2 N–H and O–H groups in total. The number of hydrogen-bond donors (Lipinski definition) is 2. The third-order valence-electron chi connectivity index (χ3n) is 5.65. The summed E-state index contributed by atoms with van der Waals surface area (Å²) in [5.41, 5.74) is 3.72. The van der Waals surface area contributed by atoms with E-state index < -0.39 is 43.2 Å². The Morgan fingerprint density at radius 3 is 2.14 bits per heavy atom. The molecule has 3 rings (SSSR count). The average Bonchev–Trinajstić information content (AvgIpc) is 3.13. The number of benzene rings is 2. The van der Waals surface area contributed by atoms with Gasteiger partial charge in [0.2, 0.25) is 5.91 Å². The van der Waals surface area contributed by atoms with Gasteiger partial charge in [-0.25, -0.2) is 4.79 Å². The van der Waals surface area contributed by atoms with Gasteiger partial charge < -0.3 is 24.8 Å². The van der Waals surface area contributed by atoms with Crippen molar-refractivity contribution < 1.29 is 42.1 Å². The van der Waals surface area contributed by atoms with E-state index in [4.69, 9.17) is 14.6 Å². The number of halogens is 3. The monoisotopic (exact) mass is 494 g/mol. The molecule has 0 spiro atoms. The van der Waals surface area contributed by atoms with Gasteiger partial charge >= 0.3 is 18.2 Å². The minimum absolute atomic E-state index is 0.0600. The number of amides is 2. The number of carbonyl (C=O) groups excluding carboxylic acids is 2. The number of hydrogen-bond acceptors (Lipinski definition) is 5. The first-order valence-electron chi connectivity index (χ1n) is 10.8. The Labute approximate surface area is 199 Å². The molecule has 0 heterocycles. The van der Waals surface area contributed by atoms with Crippen molar-refractivity contribution in [1.29, 1.82) is 0 Å². The van der Waals surface area contributed by atoms with Gasteiger partial charge in [-0.15, -0.1) is 0 Å². The highest BCUT2D eigenvalue weighted by molar-refractivity contribution is 5.82. The molecule has 2 amide bonds. The lowest BCUT2D eigenvalue weighted by atomic mass is 9.98. The summed E-state index contributed by atoms with van der Waals surface area (Å²) < 4.78 is 50.6. The standard InChI is InChI=1S/C24H25F3N2O6/c1-34-11-10-29(13-22(31)32)21(30)12-20(24(25,26)27)28-23(33)35-14-19-17-8-4-2-6-15(17)16-7-3-5-9-18(16)19/h2-9,19-20H,10-14H2,1H3,(H,28,33)(H,31,32). The first-order valence-corrected chi connectivity index (χ1v) is 10.8. The Morgan fingerprint density at radius 2 is 1.63 bits per heavy atom. The van der Waals surface area contributed by atoms with Crippen LogP contribution in [0.4, 0.5) is 18.0 Å². The molecule has 0 aliphatic heterocycles. The fourth-order valence-electron chi connectivity index (χ4n) is 3.99. The SMILES string of the molecule is COCCN(CC(=O)O)C(=O)CC(NC(=O)OCC1c2ccccc2-c2ccccc21)C(F)(F)F. The summed E-state index contributed by atoms with van der Waals surface area (Å²) in [6.45, 7) is -1.26. The van der Waals surface area contributed by atoms with Crippen molar-refractivity contribution in [2.75, 3.05) is 33.4 Å². The largest absolute Gasteiger partial charge is 0.480 e. The Hall–Kier alpha value is -3.60. The van der Waals surface area contributed by atoms with Crippen molar-refractivity contribution in [3.05, 3.63) is 59.7 Å². The molecule has 1 unspecified atom stereocenters. The van der Waals surface area contributed by atoms with Crippen molar-refractivity contribution >= 4 is 18.0 Å². The number of carboxylic acids is 1. The number of carbonyl (C=O) groups is 3. The van der Waals surface area contributed by atoms with Crippen LogP contribution in [0.5, 0.6) is 0 Å². The molecule has 8 nitrogen and oxygen atoms in total. The summed E-state index contributed by atoms with van der Waals surface area (Å²) in [7, 11) is 1.31. The lowest BCUT2D eigenvalue weighted by Crippen LogP contribution is -2.50. The quantitative estimate of drug-likeness (QED) is 0.525. The van der Waals surface area contributed by atoms with Gasteiger partial charge in [-0.3, -0.25) is 9.59 Å². The summed E-state index contributed by atoms with van der Waals surface area (Å²) in [5.74, 6) is -2.83. The number of rotatable bonds is 10. The number of aliphatic carboxylic acids is 1. The molecule has 1 aliphatic rings. The van der Waals surface area contributed by atoms with Crippen LogP contribution in [0, 0.1) is 0 Å². The third-order valence-corrected chi connectivity index (χ3v) is 5.65. The molecular weight excluding hydrogens is 469 g/mol. The van der Waals surface area contributed by atoms with Crippen LogP contribution in [-0.2, 0) is 19.1 Å². The molecule has 0 saturated heterocycles. The van der Waals surface area contributed by atoms with Crippen molar-refractivity contribution in [2.24, 2.45) is 0 Å². The average molecular weight is 494 g/mol. The van der Waals surface area contributed by atoms with E-state index in [0.29, 0.717) is 0 Å². The summed E-state index contributed by atoms with van der Waals surface area (Å²) >= 11 is 0. The Balaban J connectivity index is 1.66. The van der Waals surface area contributed by atoms with Crippen molar-refractivity contribution in [3.8, 4) is 11.1 Å². The fraction of sp³-hybridized carbons (Fsp3) is 0.375. The molecule has 0 saturated carbocycles. The summed E-state index contributed by atoms with van der Waals surface area (Å²) in [6.07, 6.45) is -7.47. The van der Waals surface area contributed by atoms with Gasteiger partial charge in [0.15, 0.2) is 0 Å². The lowest BCUT2D eigenvalue weighted by Gasteiger charge is -2.25. The number of ether oxygens (including phenoxy) is 2. The van der Waals surface area contributed by atoms with E-state index >= 15 is 0 Å². The molecular formula is C24H25F3N2O6. The zero-order valence-corrected chi connectivity index (χ0v) is 18.9. The number of fused-ring (bicyclic) bond motifs is 3. The molecule has 0 aromatic heterocycles. The molecule has 0 radical (unpaired) electrons. The smallest absolute Gasteiger partial charge is 0.409 e. The molecule has 0 fully saturated rings. The molecule has 1 aliphatic carbocycles. The topological polar surface area (TPSA) is 105 Å². The zero-order valence-electron chi connectivity index (χ0n) is 18.9.